The Morgan fingerprint density at radius 3 is 2.24 bits per heavy atom. The van der Waals surface area contributed by atoms with Crippen LogP contribution in [0.5, 0.6) is 5.75 Å². The molecule has 0 unspecified atom stereocenters. The highest BCUT2D eigenvalue weighted by Crippen LogP contribution is 2.42. The Labute approximate surface area is 263 Å². The van der Waals surface area contributed by atoms with E-state index >= 15 is 0 Å². The zero-order valence-corrected chi connectivity index (χ0v) is 25.2. The summed E-state index contributed by atoms with van der Waals surface area (Å²) in [6.07, 6.45) is 1.08. The third-order valence-electron chi connectivity index (χ3n) is 6.84. The minimum Gasteiger partial charge on any atom is -0.508 e. The van der Waals surface area contributed by atoms with Crippen molar-refractivity contribution in [3.8, 4) is 28.2 Å². The van der Waals surface area contributed by atoms with Crippen molar-refractivity contribution in [1.29, 1.82) is 0 Å². The molecule has 1 aliphatic heterocycles. The average Bonchev–Trinajstić information content (AvgIpc) is 3.02. The van der Waals surface area contributed by atoms with Crippen molar-refractivity contribution in [3.05, 3.63) is 75.9 Å². The number of aromatic hydroxyl groups is 1. The van der Waals surface area contributed by atoms with E-state index in [1.54, 1.807) is 19.1 Å². The second-order valence-electron chi connectivity index (χ2n) is 10.3. The number of hydrogen-bond donors (Lipinski definition) is 5. The van der Waals surface area contributed by atoms with Gasteiger partial charge in [0.05, 0.1) is 5.56 Å². The van der Waals surface area contributed by atoms with Crippen molar-refractivity contribution in [2.24, 2.45) is 0 Å². The summed E-state index contributed by atoms with van der Waals surface area (Å²) in [4.78, 5) is 60.4. The molecular weight excluding hydrogens is 598 g/mol. The van der Waals surface area contributed by atoms with Gasteiger partial charge < -0.3 is 40.1 Å². The monoisotopic (exact) mass is 633 g/mol. The van der Waals surface area contributed by atoms with Crippen molar-refractivity contribution in [1.82, 2.24) is 16.0 Å². The van der Waals surface area contributed by atoms with E-state index in [9.17, 15) is 34.2 Å². The molecule has 3 amide bonds. The first-order valence-electron chi connectivity index (χ1n) is 14.7. The molecule has 1 heterocycles. The van der Waals surface area contributed by atoms with Crippen LogP contribution in [-0.4, -0.2) is 80.0 Å². The second kappa shape index (κ2) is 16.2. The molecule has 5 N–H and O–H groups in total. The van der Waals surface area contributed by atoms with Gasteiger partial charge in [-0.05, 0) is 67.8 Å². The van der Waals surface area contributed by atoms with Gasteiger partial charge in [0, 0.05) is 67.1 Å². The number of ether oxygens (including phenoxy) is 2. The van der Waals surface area contributed by atoms with E-state index in [1.165, 1.54) is 42.5 Å². The largest absolute Gasteiger partial charge is 0.508 e. The first-order valence-corrected chi connectivity index (χ1v) is 14.7. The standard InChI is InChI=1S/C33H35N3O10/c1-2-34-29(39)18-45-19-30(40)35-11-3-13-44-14-4-12-36-32(41)20-5-8-23(33(42)43)26(15-20)31-24-9-6-21(37)16-27(24)46-28-17-22(38)7-10-25(28)31/h5-10,15-17,37H,2-4,11-14,18-19H2,1H3,(H,34,39)(H,35,40)(H,36,41)(H,42,43). The number of nitrogens with one attached hydrogen (secondary N) is 3. The van der Waals surface area contributed by atoms with Gasteiger partial charge in [-0.3, -0.25) is 19.2 Å². The van der Waals surface area contributed by atoms with Gasteiger partial charge in [0.1, 0.15) is 30.3 Å². The van der Waals surface area contributed by atoms with E-state index in [4.69, 9.17) is 13.9 Å². The summed E-state index contributed by atoms with van der Waals surface area (Å²) < 4.78 is 16.5. The molecule has 2 aromatic rings. The van der Waals surface area contributed by atoms with Crippen LogP contribution in [0, 0.1) is 0 Å². The molecule has 46 heavy (non-hydrogen) atoms. The molecular formula is C33H35N3O10. The van der Waals surface area contributed by atoms with Crippen LogP contribution in [0.25, 0.3) is 33.4 Å². The summed E-state index contributed by atoms with van der Waals surface area (Å²) in [6, 6.07) is 12.8. The lowest BCUT2D eigenvalue weighted by atomic mass is 9.89. The molecule has 0 atom stereocenters. The number of amides is 3. The van der Waals surface area contributed by atoms with Crippen LogP contribution in [-0.2, 0) is 19.1 Å². The first-order chi connectivity index (χ1) is 22.2. The van der Waals surface area contributed by atoms with Gasteiger partial charge in [-0.15, -0.1) is 0 Å². The van der Waals surface area contributed by atoms with E-state index < -0.39 is 11.9 Å². The van der Waals surface area contributed by atoms with E-state index in [2.05, 4.69) is 16.0 Å². The average molecular weight is 634 g/mol. The third-order valence-corrected chi connectivity index (χ3v) is 6.84. The van der Waals surface area contributed by atoms with Gasteiger partial charge in [-0.25, -0.2) is 4.79 Å². The van der Waals surface area contributed by atoms with Crippen molar-refractivity contribution in [3.63, 3.8) is 0 Å². The lowest BCUT2D eigenvalue weighted by Crippen LogP contribution is -2.32. The molecule has 13 heteroatoms. The minimum atomic E-state index is -1.20. The molecule has 0 aromatic heterocycles. The fourth-order valence-electron chi connectivity index (χ4n) is 4.75. The Balaban J connectivity index is 1.32. The summed E-state index contributed by atoms with van der Waals surface area (Å²) in [7, 11) is 0. The number of hydrogen-bond acceptors (Lipinski definition) is 9. The molecule has 4 rings (SSSR count). The SMILES string of the molecule is CCNC(=O)COCC(=O)NCCCOCCCNC(=O)c1ccc(C(=O)O)c(-c2c3ccc(=O)cc-3oc3cc(O)ccc23)c1. The van der Waals surface area contributed by atoms with Gasteiger partial charge in [0.25, 0.3) is 5.91 Å². The van der Waals surface area contributed by atoms with Crippen LogP contribution in [0.4, 0.5) is 0 Å². The zero-order valence-electron chi connectivity index (χ0n) is 25.2. The van der Waals surface area contributed by atoms with Gasteiger partial charge in [-0.2, -0.15) is 0 Å². The quantitative estimate of drug-likeness (QED) is 0.0905. The van der Waals surface area contributed by atoms with Crippen LogP contribution in [0.15, 0.2) is 63.8 Å². The maximum Gasteiger partial charge on any atom is 0.336 e. The highest BCUT2D eigenvalue weighted by Gasteiger charge is 2.23. The van der Waals surface area contributed by atoms with Crippen LogP contribution in [0.3, 0.4) is 0 Å². The molecule has 0 saturated heterocycles. The Kier molecular flexibility index (Phi) is 11.8. The maximum atomic E-state index is 13.0. The number of carboxylic acids is 1. The summed E-state index contributed by atoms with van der Waals surface area (Å²) in [5, 5.41) is 28.6. The van der Waals surface area contributed by atoms with Gasteiger partial charge >= 0.3 is 5.97 Å². The Hall–Kier alpha value is -5.27. The van der Waals surface area contributed by atoms with Crippen LogP contribution < -0.4 is 21.4 Å². The molecule has 13 nitrogen and oxygen atoms in total. The molecule has 2 aliphatic rings. The number of benzene rings is 3. The number of likely N-dealkylation sites (N-methyl/N-ethyl adjacent to an activating group) is 1. The van der Waals surface area contributed by atoms with Crippen molar-refractivity contribution in [2.75, 3.05) is 46.1 Å². The lowest BCUT2D eigenvalue weighted by molar-refractivity contribution is -0.130. The number of rotatable bonds is 16. The minimum absolute atomic E-state index is 0.0545. The Morgan fingerprint density at radius 2 is 1.52 bits per heavy atom. The maximum absolute atomic E-state index is 13.0. The van der Waals surface area contributed by atoms with Crippen molar-refractivity contribution in [2.45, 2.75) is 19.8 Å². The molecule has 2 aromatic carbocycles. The Bertz CT molecular complexity index is 1750. The number of carbonyl (C=O) groups is 4. The molecule has 0 fully saturated rings. The predicted octanol–water partition coefficient (Wildman–Crippen LogP) is 2.76. The summed E-state index contributed by atoms with van der Waals surface area (Å²) in [6.45, 7) is 3.34. The van der Waals surface area contributed by atoms with Crippen molar-refractivity contribution < 1.29 is 43.3 Å². The molecule has 1 aliphatic carbocycles. The highest BCUT2D eigenvalue weighted by atomic mass is 16.5. The number of phenols is 1. The molecule has 0 radical (unpaired) electrons. The fourth-order valence-corrected chi connectivity index (χ4v) is 4.75. The van der Waals surface area contributed by atoms with E-state index in [0.29, 0.717) is 62.2 Å². The number of carbonyl (C=O) groups excluding carboxylic acids is 3. The first kappa shape index (κ1) is 33.6. The highest BCUT2D eigenvalue weighted by molar-refractivity contribution is 6.09. The number of phenolic OH excluding ortho intramolecular Hbond substituents is 1. The molecule has 0 spiro atoms. The zero-order chi connectivity index (χ0) is 33.1. The molecule has 242 valence electrons. The fraction of sp³-hybridized carbons (Fsp3) is 0.303. The van der Waals surface area contributed by atoms with Gasteiger partial charge in [-0.1, -0.05) is 0 Å². The number of aromatic carboxylic acids is 1. The Morgan fingerprint density at radius 1 is 0.804 bits per heavy atom. The summed E-state index contributed by atoms with van der Waals surface area (Å²) in [5.74, 6) is -2.09. The number of carboxylic acid groups (broad SMARTS) is 1. The lowest BCUT2D eigenvalue weighted by Gasteiger charge is -2.17. The normalized spacial score (nSPS) is 11.0. The number of fused-ring (bicyclic) bond motifs is 2. The van der Waals surface area contributed by atoms with E-state index in [1.807, 2.05) is 0 Å². The second-order valence-corrected chi connectivity index (χ2v) is 10.3. The van der Waals surface area contributed by atoms with Crippen LogP contribution in [0.1, 0.15) is 40.5 Å². The van der Waals surface area contributed by atoms with Crippen LogP contribution in [0.2, 0.25) is 0 Å². The predicted molar refractivity (Wildman–Crippen MR) is 168 cm³/mol. The smallest absolute Gasteiger partial charge is 0.336 e. The van der Waals surface area contributed by atoms with Gasteiger partial charge in [0.2, 0.25) is 11.8 Å². The molecule has 0 saturated carbocycles. The van der Waals surface area contributed by atoms with Crippen LogP contribution >= 0.6 is 0 Å². The van der Waals surface area contributed by atoms with Gasteiger partial charge in [0.15, 0.2) is 5.43 Å². The van der Waals surface area contributed by atoms with Crippen molar-refractivity contribution >= 4 is 34.7 Å². The van der Waals surface area contributed by atoms with E-state index in [-0.39, 0.29) is 64.2 Å². The molecule has 0 bridgehead atoms. The topological polar surface area (TPSA) is 193 Å². The summed E-state index contributed by atoms with van der Waals surface area (Å²) in [5.41, 5.74) is 1.27. The third kappa shape index (κ3) is 8.89. The summed E-state index contributed by atoms with van der Waals surface area (Å²) >= 11 is 0. The van der Waals surface area contributed by atoms with E-state index in [0.717, 1.165) is 0 Å².